The number of anilines is 1. The van der Waals surface area contributed by atoms with Gasteiger partial charge in [-0.1, -0.05) is 30.3 Å². The predicted molar refractivity (Wildman–Crippen MR) is 134 cm³/mol. The predicted octanol–water partition coefficient (Wildman–Crippen LogP) is 3.31. The minimum atomic E-state index is -0.527. The van der Waals surface area contributed by atoms with Gasteiger partial charge in [0.25, 0.3) is 0 Å². The Balaban J connectivity index is 1.25. The lowest BCUT2D eigenvalue weighted by molar-refractivity contribution is -0.142. The van der Waals surface area contributed by atoms with E-state index in [0.717, 1.165) is 35.4 Å². The Morgan fingerprint density at radius 1 is 1.11 bits per heavy atom. The van der Waals surface area contributed by atoms with E-state index >= 15 is 0 Å². The smallest absolute Gasteiger partial charge is 0.227 e. The zero-order valence-electron chi connectivity index (χ0n) is 20.5. The molecule has 3 aliphatic rings. The van der Waals surface area contributed by atoms with Gasteiger partial charge in [-0.15, -0.1) is 0 Å². The summed E-state index contributed by atoms with van der Waals surface area (Å²) in [6.45, 7) is 2.99. The molecule has 0 unspecified atom stereocenters. The molecule has 5 rings (SSSR count). The van der Waals surface area contributed by atoms with Gasteiger partial charge < -0.3 is 30.0 Å². The Hall–Kier alpha value is -2.94. The lowest BCUT2D eigenvalue weighted by Gasteiger charge is -2.37. The number of aliphatic hydroxyl groups excluding tert-OH is 1. The van der Waals surface area contributed by atoms with E-state index in [1.807, 2.05) is 55.5 Å². The number of rotatable bonds is 7. The Bertz CT molecular complexity index is 1070. The first-order valence-electron chi connectivity index (χ1n) is 12.8. The molecular formula is C28H34N2O6. The van der Waals surface area contributed by atoms with Crippen LogP contribution in [0.2, 0.25) is 0 Å². The summed E-state index contributed by atoms with van der Waals surface area (Å²) < 4.78 is 17.6. The maximum absolute atomic E-state index is 12.8. The molecule has 0 spiro atoms. The number of benzene rings is 2. The number of amides is 2. The van der Waals surface area contributed by atoms with E-state index in [1.54, 1.807) is 0 Å². The largest absolute Gasteiger partial charge is 0.487 e. The summed E-state index contributed by atoms with van der Waals surface area (Å²) in [7, 11) is 0. The summed E-state index contributed by atoms with van der Waals surface area (Å²) in [5.74, 6) is 0.576. The lowest BCUT2D eigenvalue weighted by atomic mass is 9.84. The van der Waals surface area contributed by atoms with Crippen molar-refractivity contribution in [3.05, 3.63) is 59.7 Å². The monoisotopic (exact) mass is 494 g/mol. The van der Waals surface area contributed by atoms with Crippen LogP contribution < -0.4 is 15.4 Å². The van der Waals surface area contributed by atoms with Gasteiger partial charge in [0.05, 0.1) is 25.2 Å². The van der Waals surface area contributed by atoms with Crippen LogP contribution in [0, 0.1) is 5.92 Å². The summed E-state index contributed by atoms with van der Waals surface area (Å²) >= 11 is 0. The molecule has 5 atom stereocenters. The second-order valence-electron chi connectivity index (χ2n) is 9.94. The molecule has 8 heteroatoms. The number of aliphatic hydroxyl groups is 1. The molecule has 0 saturated carbocycles. The van der Waals surface area contributed by atoms with Crippen molar-refractivity contribution in [1.29, 1.82) is 0 Å². The highest BCUT2D eigenvalue weighted by atomic mass is 16.6. The van der Waals surface area contributed by atoms with Crippen LogP contribution in [0.4, 0.5) is 5.69 Å². The Morgan fingerprint density at radius 2 is 1.89 bits per heavy atom. The van der Waals surface area contributed by atoms with Crippen molar-refractivity contribution in [1.82, 2.24) is 5.32 Å². The molecule has 8 nitrogen and oxygen atoms in total. The van der Waals surface area contributed by atoms with Gasteiger partial charge in [-0.3, -0.25) is 9.59 Å². The fraction of sp³-hybridized carbons (Fsp3) is 0.500. The number of carbonyl (C=O) groups is 2. The molecule has 0 aliphatic carbocycles. The van der Waals surface area contributed by atoms with Gasteiger partial charge in [-0.25, -0.2) is 0 Å². The molecule has 2 saturated heterocycles. The summed E-state index contributed by atoms with van der Waals surface area (Å²) in [6.07, 6.45) is 1.06. The first-order chi connectivity index (χ1) is 17.5. The molecule has 36 heavy (non-hydrogen) atoms. The van der Waals surface area contributed by atoms with Gasteiger partial charge in [0.2, 0.25) is 11.8 Å². The van der Waals surface area contributed by atoms with Crippen molar-refractivity contribution in [2.45, 2.75) is 62.9 Å². The number of hydrogen-bond acceptors (Lipinski definition) is 6. The van der Waals surface area contributed by atoms with Crippen LogP contribution in [0.25, 0.3) is 0 Å². The zero-order chi connectivity index (χ0) is 25.1. The quantitative estimate of drug-likeness (QED) is 0.545. The SMILES string of the molecule is C[C@@H](NC(=O)C[C@@H]1C[C@@H]2c3cc(NC(=O)C4CCOCC4)ccc3O[C@@H]2[C@@H](CO)O1)c1ccccc1. The zero-order valence-corrected chi connectivity index (χ0v) is 20.5. The fourth-order valence-electron chi connectivity index (χ4n) is 5.50. The van der Waals surface area contributed by atoms with Crippen molar-refractivity contribution in [3.63, 3.8) is 0 Å². The molecule has 3 heterocycles. The minimum Gasteiger partial charge on any atom is -0.487 e. The van der Waals surface area contributed by atoms with Crippen LogP contribution in [-0.4, -0.2) is 55.1 Å². The number of ether oxygens (including phenoxy) is 3. The summed E-state index contributed by atoms with van der Waals surface area (Å²) in [5.41, 5.74) is 2.75. The van der Waals surface area contributed by atoms with Crippen LogP contribution in [0.5, 0.6) is 5.75 Å². The van der Waals surface area contributed by atoms with E-state index in [0.29, 0.717) is 19.6 Å². The number of hydrogen-bond donors (Lipinski definition) is 3. The highest BCUT2D eigenvalue weighted by Crippen LogP contribution is 2.47. The summed E-state index contributed by atoms with van der Waals surface area (Å²) in [5, 5.41) is 16.1. The van der Waals surface area contributed by atoms with E-state index < -0.39 is 6.10 Å². The molecule has 3 N–H and O–H groups in total. The molecule has 2 aromatic rings. The average molecular weight is 495 g/mol. The van der Waals surface area contributed by atoms with Crippen LogP contribution in [-0.2, 0) is 19.1 Å². The molecule has 192 valence electrons. The van der Waals surface area contributed by atoms with Gasteiger partial charge in [-0.2, -0.15) is 0 Å². The normalized spacial score (nSPS) is 26.3. The second kappa shape index (κ2) is 11.0. The highest BCUT2D eigenvalue weighted by molar-refractivity contribution is 5.92. The first-order valence-corrected chi connectivity index (χ1v) is 12.8. The Morgan fingerprint density at radius 3 is 2.64 bits per heavy atom. The highest BCUT2D eigenvalue weighted by Gasteiger charge is 2.46. The number of fused-ring (bicyclic) bond motifs is 3. The van der Waals surface area contributed by atoms with E-state index in [1.165, 1.54) is 0 Å². The number of nitrogens with one attached hydrogen (secondary N) is 2. The van der Waals surface area contributed by atoms with Crippen molar-refractivity contribution in [2.75, 3.05) is 25.1 Å². The average Bonchev–Trinajstić information content (AvgIpc) is 3.27. The van der Waals surface area contributed by atoms with Gasteiger partial charge >= 0.3 is 0 Å². The van der Waals surface area contributed by atoms with Crippen LogP contribution in [0.1, 0.15) is 55.7 Å². The number of carbonyl (C=O) groups excluding carboxylic acids is 2. The third-order valence-corrected chi connectivity index (χ3v) is 7.45. The maximum Gasteiger partial charge on any atom is 0.227 e. The van der Waals surface area contributed by atoms with E-state index in [9.17, 15) is 14.7 Å². The summed E-state index contributed by atoms with van der Waals surface area (Å²) in [4.78, 5) is 25.5. The third kappa shape index (κ3) is 5.40. The van der Waals surface area contributed by atoms with Crippen molar-refractivity contribution >= 4 is 17.5 Å². The summed E-state index contributed by atoms with van der Waals surface area (Å²) in [6, 6.07) is 15.4. The standard InChI is InChI=1S/C28H34N2O6/c1-17(18-5-3-2-4-6-18)29-26(32)15-21-14-23-22-13-20(30-28(33)19-9-11-34-12-10-19)7-8-24(22)36-27(23)25(16-31)35-21/h2-8,13,17,19,21,23,25,27,31H,9-12,14-16H2,1H3,(H,29,32)(H,30,33)/t17-,21+,23-,25-,27+/m1/s1. The molecule has 0 aromatic heterocycles. The fourth-order valence-corrected chi connectivity index (χ4v) is 5.50. The minimum absolute atomic E-state index is 0.0102. The molecule has 2 aromatic carbocycles. The molecule has 2 fully saturated rings. The first kappa shape index (κ1) is 24.7. The van der Waals surface area contributed by atoms with Crippen molar-refractivity contribution in [3.8, 4) is 5.75 Å². The van der Waals surface area contributed by atoms with Gasteiger partial charge in [-0.05, 0) is 49.9 Å². The van der Waals surface area contributed by atoms with Crippen molar-refractivity contribution < 1.29 is 28.9 Å². The topological polar surface area (TPSA) is 106 Å². The van der Waals surface area contributed by atoms with Crippen molar-refractivity contribution in [2.24, 2.45) is 5.92 Å². The maximum atomic E-state index is 12.8. The Kier molecular flexibility index (Phi) is 7.55. The van der Waals surface area contributed by atoms with Gasteiger partial charge in [0.1, 0.15) is 18.0 Å². The van der Waals surface area contributed by atoms with Gasteiger partial charge in [0.15, 0.2) is 0 Å². The van der Waals surface area contributed by atoms with E-state index in [-0.39, 0.29) is 54.9 Å². The van der Waals surface area contributed by atoms with Gasteiger partial charge in [0, 0.05) is 36.3 Å². The van der Waals surface area contributed by atoms with Crippen LogP contribution in [0.15, 0.2) is 48.5 Å². The lowest BCUT2D eigenvalue weighted by Crippen LogP contribution is -2.47. The molecule has 0 bridgehead atoms. The molecule has 3 aliphatic heterocycles. The Labute approximate surface area is 211 Å². The third-order valence-electron chi connectivity index (χ3n) is 7.45. The second-order valence-corrected chi connectivity index (χ2v) is 9.94. The van der Waals surface area contributed by atoms with Crippen LogP contribution >= 0.6 is 0 Å². The molecular weight excluding hydrogens is 460 g/mol. The van der Waals surface area contributed by atoms with Crippen LogP contribution in [0.3, 0.4) is 0 Å². The van der Waals surface area contributed by atoms with E-state index in [2.05, 4.69) is 10.6 Å². The van der Waals surface area contributed by atoms with E-state index in [4.69, 9.17) is 14.2 Å². The molecule has 0 radical (unpaired) electrons. The molecule has 2 amide bonds.